The monoisotopic (exact) mass is 474 g/mol. The zero-order chi connectivity index (χ0) is 24.0. The average Bonchev–Trinajstić information content (AvgIpc) is 2.87. The summed E-state index contributed by atoms with van der Waals surface area (Å²) in [5.74, 6) is 0.625. The third-order valence-corrected chi connectivity index (χ3v) is 8.51. The molecule has 0 radical (unpaired) electrons. The molecule has 4 rings (SSSR count). The molecule has 0 N–H and O–H groups in total. The predicted octanol–water partition coefficient (Wildman–Crippen LogP) is 5.58. The molecule has 5 heteroatoms. The maximum Gasteiger partial charge on any atom is 0.243 e. The van der Waals surface area contributed by atoms with Crippen molar-refractivity contribution in [2.75, 3.05) is 33.2 Å². The van der Waals surface area contributed by atoms with Gasteiger partial charge in [0.1, 0.15) is 0 Å². The standard InChI is InChI=1S/C29H34N2O2S/c1-24-10-9-13-27(22-24)28(23-30(2)34(32,33)29-14-7-4-8-15-29)18-21-31-19-16-26(17-20-31)25-11-5-3-6-12-25/h3-15,18,22,26H,16-17,19-21,23H2,1-2H3. The second-order valence-corrected chi connectivity index (χ2v) is 11.2. The number of likely N-dealkylation sites (tertiary alicyclic amines) is 1. The minimum Gasteiger partial charge on any atom is -0.300 e. The van der Waals surface area contributed by atoms with Crippen LogP contribution in [0.5, 0.6) is 0 Å². The smallest absolute Gasteiger partial charge is 0.243 e. The van der Waals surface area contributed by atoms with Gasteiger partial charge in [-0.2, -0.15) is 4.31 Å². The van der Waals surface area contributed by atoms with Gasteiger partial charge in [-0.15, -0.1) is 0 Å². The minimum atomic E-state index is -3.55. The number of nitrogens with zero attached hydrogens (tertiary/aromatic N) is 2. The lowest BCUT2D eigenvalue weighted by Crippen LogP contribution is -2.33. The summed E-state index contributed by atoms with van der Waals surface area (Å²) in [6, 6.07) is 27.8. The Morgan fingerprint density at radius 1 is 0.941 bits per heavy atom. The maximum absolute atomic E-state index is 13.1. The van der Waals surface area contributed by atoms with Crippen LogP contribution in [0.1, 0.15) is 35.4 Å². The van der Waals surface area contributed by atoms with Gasteiger partial charge < -0.3 is 0 Å². The number of rotatable bonds is 8. The third kappa shape index (κ3) is 6.03. The summed E-state index contributed by atoms with van der Waals surface area (Å²) in [7, 11) is -1.89. The number of hydrogen-bond acceptors (Lipinski definition) is 3. The van der Waals surface area contributed by atoms with E-state index in [1.54, 1.807) is 31.3 Å². The molecule has 0 amide bonds. The molecule has 0 bridgehead atoms. The van der Waals surface area contributed by atoms with E-state index >= 15 is 0 Å². The van der Waals surface area contributed by atoms with Gasteiger partial charge >= 0.3 is 0 Å². The van der Waals surface area contributed by atoms with Gasteiger partial charge in [0.2, 0.25) is 10.0 Å². The predicted molar refractivity (Wildman–Crippen MR) is 140 cm³/mol. The lowest BCUT2D eigenvalue weighted by molar-refractivity contribution is 0.232. The topological polar surface area (TPSA) is 40.6 Å². The van der Waals surface area contributed by atoms with Crippen LogP contribution in [-0.4, -0.2) is 50.8 Å². The van der Waals surface area contributed by atoms with Gasteiger partial charge in [0.15, 0.2) is 0 Å². The quantitative estimate of drug-likeness (QED) is 0.428. The van der Waals surface area contributed by atoms with Gasteiger partial charge in [-0.05, 0) is 67.6 Å². The van der Waals surface area contributed by atoms with Crippen molar-refractivity contribution in [3.63, 3.8) is 0 Å². The number of likely N-dealkylation sites (N-methyl/N-ethyl adjacent to an activating group) is 1. The summed E-state index contributed by atoms with van der Waals surface area (Å²) in [5, 5.41) is 0. The molecule has 1 heterocycles. The molecule has 3 aromatic carbocycles. The largest absolute Gasteiger partial charge is 0.300 e. The Hall–Kier alpha value is -2.73. The van der Waals surface area contributed by atoms with Crippen molar-refractivity contribution in [3.05, 3.63) is 108 Å². The van der Waals surface area contributed by atoms with Crippen molar-refractivity contribution >= 4 is 15.6 Å². The normalized spacial score (nSPS) is 16.1. The van der Waals surface area contributed by atoms with Crippen LogP contribution in [0.3, 0.4) is 0 Å². The van der Waals surface area contributed by atoms with E-state index in [1.807, 2.05) is 12.1 Å². The fraction of sp³-hybridized carbons (Fsp3) is 0.310. The molecule has 1 fully saturated rings. The Morgan fingerprint density at radius 3 is 2.24 bits per heavy atom. The van der Waals surface area contributed by atoms with Gasteiger partial charge in [-0.25, -0.2) is 8.42 Å². The van der Waals surface area contributed by atoms with E-state index in [0.29, 0.717) is 17.4 Å². The molecular formula is C29H34N2O2S. The number of sulfonamides is 1. The van der Waals surface area contributed by atoms with Crippen LogP contribution < -0.4 is 0 Å². The molecule has 0 aromatic heterocycles. The number of piperidine rings is 1. The van der Waals surface area contributed by atoms with Gasteiger partial charge in [0.05, 0.1) is 4.90 Å². The van der Waals surface area contributed by atoms with E-state index in [4.69, 9.17) is 0 Å². The lowest BCUT2D eigenvalue weighted by Gasteiger charge is -2.31. The molecular weight excluding hydrogens is 440 g/mol. The second kappa shape index (κ2) is 11.1. The summed E-state index contributed by atoms with van der Waals surface area (Å²) in [4.78, 5) is 2.80. The van der Waals surface area contributed by atoms with Crippen LogP contribution in [0, 0.1) is 6.92 Å². The first-order chi connectivity index (χ1) is 16.4. The molecule has 0 spiro atoms. The van der Waals surface area contributed by atoms with Crippen molar-refractivity contribution in [2.24, 2.45) is 0 Å². The second-order valence-electron chi connectivity index (χ2n) is 9.16. The highest BCUT2D eigenvalue weighted by Crippen LogP contribution is 2.28. The highest BCUT2D eigenvalue weighted by molar-refractivity contribution is 7.89. The van der Waals surface area contributed by atoms with Crippen molar-refractivity contribution < 1.29 is 8.42 Å². The van der Waals surface area contributed by atoms with Gasteiger partial charge in [-0.3, -0.25) is 4.90 Å². The Labute approximate surface area is 204 Å². The highest BCUT2D eigenvalue weighted by Gasteiger charge is 2.23. The number of benzene rings is 3. The van der Waals surface area contributed by atoms with E-state index in [2.05, 4.69) is 66.4 Å². The Kier molecular flexibility index (Phi) is 7.99. The Bertz CT molecular complexity index is 1200. The van der Waals surface area contributed by atoms with E-state index in [-0.39, 0.29) is 0 Å². The van der Waals surface area contributed by atoms with Crippen molar-refractivity contribution in [2.45, 2.75) is 30.6 Å². The molecule has 0 unspecified atom stereocenters. The molecule has 0 atom stereocenters. The fourth-order valence-electron chi connectivity index (χ4n) is 4.63. The molecule has 0 saturated carbocycles. The Balaban J connectivity index is 1.48. The molecule has 1 saturated heterocycles. The molecule has 3 aromatic rings. The molecule has 4 nitrogen and oxygen atoms in total. The maximum atomic E-state index is 13.1. The van der Waals surface area contributed by atoms with Crippen LogP contribution >= 0.6 is 0 Å². The Morgan fingerprint density at radius 2 is 1.59 bits per heavy atom. The van der Waals surface area contributed by atoms with Crippen molar-refractivity contribution in [1.29, 1.82) is 0 Å². The fourth-order valence-corrected chi connectivity index (χ4v) is 5.80. The van der Waals surface area contributed by atoms with Gasteiger partial charge in [0.25, 0.3) is 0 Å². The lowest BCUT2D eigenvalue weighted by atomic mass is 9.89. The summed E-state index contributed by atoms with van der Waals surface area (Å²) < 4.78 is 27.7. The number of hydrogen-bond donors (Lipinski definition) is 0. The molecule has 1 aliphatic heterocycles. The van der Waals surface area contributed by atoms with Crippen molar-refractivity contribution in [1.82, 2.24) is 9.21 Å². The molecule has 34 heavy (non-hydrogen) atoms. The van der Waals surface area contributed by atoms with Crippen LogP contribution in [-0.2, 0) is 10.0 Å². The SMILES string of the molecule is Cc1cccc(C(=CCN2CCC(c3ccccc3)CC2)CN(C)S(=O)(=O)c2ccccc2)c1. The minimum absolute atomic E-state index is 0.323. The van der Waals surface area contributed by atoms with Crippen LogP contribution in [0.15, 0.2) is 95.9 Å². The first-order valence-electron chi connectivity index (χ1n) is 12.0. The zero-order valence-corrected chi connectivity index (χ0v) is 20.9. The summed E-state index contributed by atoms with van der Waals surface area (Å²) in [6.07, 6.45) is 4.52. The molecule has 178 valence electrons. The molecule has 1 aliphatic rings. The van der Waals surface area contributed by atoms with Crippen LogP contribution in [0.2, 0.25) is 0 Å². The van der Waals surface area contributed by atoms with E-state index in [1.165, 1.54) is 15.4 Å². The number of aryl methyl sites for hydroxylation is 1. The molecule has 0 aliphatic carbocycles. The van der Waals surface area contributed by atoms with Crippen LogP contribution in [0.4, 0.5) is 0 Å². The summed E-state index contributed by atoms with van der Waals surface area (Å²) in [5.41, 5.74) is 4.72. The van der Waals surface area contributed by atoms with Crippen molar-refractivity contribution in [3.8, 4) is 0 Å². The first kappa shape index (κ1) is 24.4. The van der Waals surface area contributed by atoms with Gasteiger partial charge in [-0.1, -0.05) is 84.4 Å². The zero-order valence-electron chi connectivity index (χ0n) is 20.1. The summed E-state index contributed by atoms with van der Waals surface area (Å²) >= 11 is 0. The van der Waals surface area contributed by atoms with E-state index in [0.717, 1.165) is 43.6 Å². The van der Waals surface area contributed by atoms with Crippen LogP contribution in [0.25, 0.3) is 5.57 Å². The first-order valence-corrected chi connectivity index (χ1v) is 13.4. The van der Waals surface area contributed by atoms with E-state index < -0.39 is 10.0 Å². The van der Waals surface area contributed by atoms with E-state index in [9.17, 15) is 8.42 Å². The highest BCUT2D eigenvalue weighted by atomic mass is 32.2. The van der Waals surface area contributed by atoms with Gasteiger partial charge in [0, 0.05) is 20.1 Å². The third-order valence-electron chi connectivity index (χ3n) is 6.69. The summed E-state index contributed by atoms with van der Waals surface area (Å²) in [6.45, 7) is 5.33. The average molecular weight is 475 g/mol.